The van der Waals surface area contributed by atoms with Crippen molar-refractivity contribution in [2.24, 2.45) is 5.92 Å². The van der Waals surface area contributed by atoms with Crippen molar-refractivity contribution in [2.45, 2.75) is 19.8 Å². The van der Waals surface area contributed by atoms with Gasteiger partial charge in [0.15, 0.2) is 11.6 Å². The van der Waals surface area contributed by atoms with Crippen LogP contribution in [-0.4, -0.2) is 35.5 Å². The molecule has 2 aromatic carbocycles. The smallest absolute Gasteiger partial charge is 0.263 e. The Bertz CT molecular complexity index is 1060. The van der Waals surface area contributed by atoms with Gasteiger partial charge in [-0.2, -0.15) is 0 Å². The van der Waals surface area contributed by atoms with Crippen LogP contribution < -0.4 is 0 Å². The second-order valence-corrected chi connectivity index (χ2v) is 8.29. The van der Waals surface area contributed by atoms with Gasteiger partial charge in [-0.15, -0.1) is 11.3 Å². The molecule has 142 valence electrons. The number of hydrogen-bond acceptors (Lipinski definition) is 4. The highest BCUT2D eigenvalue weighted by Crippen LogP contribution is 2.27. The number of thiophene rings is 1. The van der Waals surface area contributed by atoms with Crippen molar-refractivity contribution in [2.75, 3.05) is 13.1 Å². The van der Waals surface area contributed by atoms with Gasteiger partial charge in [0.2, 0.25) is 0 Å². The number of hydrogen-bond donors (Lipinski definition) is 0. The predicted molar refractivity (Wildman–Crippen MR) is 111 cm³/mol. The van der Waals surface area contributed by atoms with Gasteiger partial charge < -0.3 is 4.90 Å². The van der Waals surface area contributed by atoms with E-state index in [0.717, 1.165) is 29.2 Å². The minimum Gasteiger partial charge on any atom is -0.337 e. The van der Waals surface area contributed by atoms with E-state index in [1.165, 1.54) is 18.3 Å². The van der Waals surface area contributed by atoms with Gasteiger partial charge in [-0.3, -0.25) is 14.4 Å². The molecule has 4 rings (SSSR count). The summed E-state index contributed by atoms with van der Waals surface area (Å²) < 4.78 is 0. The van der Waals surface area contributed by atoms with E-state index in [0.29, 0.717) is 22.8 Å². The van der Waals surface area contributed by atoms with Crippen LogP contribution in [0.25, 0.3) is 10.8 Å². The quantitative estimate of drug-likeness (QED) is 0.598. The summed E-state index contributed by atoms with van der Waals surface area (Å²) in [5, 5.41) is 2.01. The monoisotopic (exact) mass is 391 g/mol. The highest BCUT2D eigenvalue weighted by Gasteiger charge is 2.30. The van der Waals surface area contributed by atoms with Crippen molar-refractivity contribution in [3.8, 4) is 0 Å². The molecule has 0 N–H and O–H groups in total. The van der Waals surface area contributed by atoms with E-state index in [4.69, 9.17) is 0 Å². The second-order valence-electron chi connectivity index (χ2n) is 7.20. The van der Waals surface area contributed by atoms with Gasteiger partial charge in [0.25, 0.3) is 5.91 Å². The second kappa shape index (κ2) is 7.68. The Kier molecular flexibility index (Phi) is 5.09. The largest absolute Gasteiger partial charge is 0.337 e. The van der Waals surface area contributed by atoms with Gasteiger partial charge in [0.05, 0.1) is 9.75 Å². The van der Waals surface area contributed by atoms with Crippen LogP contribution in [0, 0.1) is 5.92 Å². The van der Waals surface area contributed by atoms with Crippen LogP contribution in [0.4, 0.5) is 0 Å². The number of ketones is 2. The van der Waals surface area contributed by atoms with Gasteiger partial charge in [0.1, 0.15) is 0 Å². The maximum atomic E-state index is 13.2. The summed E-state index contributed by atoms with van der Waals surface area (Å²) in [6.45, 7) is 2.57. The maximum Gasteiger partial charge on any atom is 0.263 e. The molecule has 1 aromatic heterocycles. The molecule has 0 unspecified atom stereocenters. The van der Waals surface area contributed by atoms with E-state index < -0.39 is 0 Å². The van der Waals surface area contributed by atoms with E-state index in [1.54, 1.807) is 17.0 Å². The number of carbonyl (C=O) groups is 3. The first-order chi connectivity index (χ1) is 13.5. The molecule has 2 heterocycles. The molecule has 0 aliphatic carbocycles. The third-order valence-corrected chi connectivity index (χ3v) is 6.47. The zero-order valence-corrected chi connectivity index (χ0v) is 16.5. The molecule has 0 spiro atoms. The zero-order chi connectivity index (χ0) is 19.7. The zero-order valence-electron chi connectivity index (χ0n) is 15.7. The molecule has 1 amide bonds. The summed E-state index contributed by atoms with van der Waals surface area (Å²) >= 11 is 1.22. The molecule has 5 heteroatoms. The molecule has 0 radical (unpaired) electrons. The number of piperidine rings is 1. The molecule has 28 heavy (non-hydrogen) atoms. The van der Waals surface area contributed by atoms with Gasteiger partial charge in [-0.05, 0) is 42.7 Å². The Morgan fingerprint density at radius 3 is 2.50 bits per heavy atom. The Balaban J connectivity index is 1.55. The fraction of sp³-hybridized carbons (Fsp3) is 0.261. The molecule has 0 bridgehead atoms. The molecule has 1 fully saturated rings. The predicted octanol–water partition coefficient (Wildman–Crippen LogP) is 4.84. The normalized spacial score (nSPS) is 16.9. The standard InChI is InChI=1S/C23H21NO3S/c1-15(25)20-11-12-21(28-20)23(27)24-13-5-8-17(14-24)22(26)19-10-4-7-16-6-2-3-9-18(16)19/h2-4,6-7,9-12,17H,5,8,13-14H2,1H3/t17-/m0/s1. The number of amides is 1. The highest BCUT2D eigenvalue weighted by molar-refractivity contribution is 7.15. The number of carbonyl (C=O) groups excluding carboxylic acids is 3. The Morgan fingerprint density at radius 1 is 0.964 bits per heavy atom. The van der Waals surface area contributed by atoms with Crippen LogP contribution >= 0.6 is 11.3 Å². The van der Waals surface area contributed by atoms with Crippen LogP contribution in [-0.2, 0) is 0 Å². The average Bonchev–Trinajstić information content (AvgIpc) is 3.23. The summed E-state index contributed by atoms with van der Waals surface area (Å²) in [7, 11) is 0. The van der Waals surface area contributed by atoms with E-state index in [-0.39, 0.29) is 23.4 Å². The number of rotatable bonds is 4. The van der Waals surface area contributed by atoms with Crippen LogP contribution in [0.3, 0.4) is 0 Å². The van der Waals surface area contributed by atoms with E-state index in [1.807, 2.05) is 42.5 Å². The fourth-order valence-electron chi connectivity index (χ4n) is 3.83. The molecule has 1 atom stereocenters. The summed E-state index contributed by atoms with van der Waals surface area (Å²) in [5.74, 6) is -0.222. The topological polar surface area (TPSA) is 54.5 Å². The lowest BCUT2D eigenvalue weighted by molar-refractivity contribution is 0.0641. The van der Waals surface area contributed by atoms with Gasteiger partial charge in [0, 0.05) is 24.6 Å². The fourth-order valence-corrected chi connectivity index (χ4v) is 4.70. The van der Waals surface area contributed by atoms with E-state index >= 15 is 0 Å². The highest BCUT2D eigenvalue weighted by atomic mass is 32.1. The molecule has 1 aliphatic heterocycles. The average molecular weight is 391 g/mol. The first kappa shape index (κ1) is 18.6. The van der Waals surface area contributed by atoms with E-state index in [9.17, 15) is 14.4 Å². The van der Waals surface area contributed by atoms with Crippen molar-refractivity contribution < 1.29 is 14.4 Å². The summed E-state index contributed by atoms with van der Waals surface area (Å²) in [4.78, 5) is 40.5. The Labute approximate surface area is 167 Å². The van der Waals surface area contributed by atoms with Gasteiger partial charge in [-0.1, -0.05) is 42.5 Å². The van der Waals surface area contributed by atoms with Crippen LogP contribution in [0.1, 0.15) is 49.5 Å². The number of benzene rings is 2. The summed E-state index contributed by atoms with van der Waals surface area (Å²) in [6.07, 6.45) is 1.59. The van der Waals surface area contributed by atoms with Crippen LogP contribution in [0.2, 0.25) is 0 Å². The summed E-state index contributed by atoms with van der Waals surface area (Å²) in [5.41, 5.74) is 0.729. The minimum atomic E-state index is -0.198. The van der Waals surface area contributed by atoms with Crippen molar-refractivity contribution >= 4 is 39.6 Å². The third kappa shape index (κ3) is 3.50. The third-order valence-electron chi connectivity index (χ3n) is 5.30. The lowest BCUT2D eigenvalue weighted by Gasteiger charge is -2.32. The number of nitrogens with zero attached hydrogens (tertiary/aromatic N) is 1. The maximum absolute atomic E-state index is 13.2. The van der Waals surface area contributed by atoms with E-state index in [2.05, 4.69) is 0 Å². The minimum absolute atomic E-state index is 0.0355. The van der Waals surface area contributed by atoms with Crippen molar-refractivity contribution in [3.05, 3.63) is 69.9 Å². The van der Waals surface area contributed by atoms with Crippen molar-refractivity contribution in [1.29, 1.82) is 0 Å². The first-order valence-electron chi connectivity index (χ1n) is 9.46. The number of likely N-dealkylation sites (tertiary alicyclic amines) is 1. The van der Waals surface area contributed by atoms with Gasteiger partial charge >= 0.3 is 0 Å². The molecule has 4 nitrogen and oxygen atoms in total. The van der Waals surface area contributed by atoms with Crippen molar-refractivity contribution in [3.63, 3.8) is 0 Å². The Hall–Kier alpha value is -2.79. The number of fused-ring (bicyclic) bond motifs is 1. The SMILES string of the molecule is CC(=O)c1ccc(C(=O)N2CCC[C@H](C(=O)c3cccc4ccccc34)C2)s1. The number of Topliss-reactive ketones (excluding diaryl/α,β-unsaturated/α-hetero) is 2. The summed E-state index contributed by atoms with van der Waals surface area (Å²) in [6, 6.07) is 17.1. The van der Waals surface area contributed by atoms with Crippen LogP contribution in [0.15, 0.2) is 54.6 Å². The molecule has 0 saturated carbocycles. The van der Waals surface area contributed by atoms with Crippen molar-refractivity contribution in [1.82, 2.24) is 4.90 Å². The molecular formula is C23H21NO3S. The first-order valence-corrected chi connectivity index (χ1v) is 10.3. The molecular weight excluding hydrogens is 370 g/mol. The lowest BCUT2D eigenvalue weighted by Crippen LogP contribution is -2.42. The molecule has 1 aliphatic rings. The Morgan fingerprint density at radius 2 is 1.71 bits per heavy atom. The molecule has 3 aromatic rings. The molecule has 1 saturated heterocycles. The van der Waals surface area contributed by atoms with Gasteiger partial charge in [-0.25, -0.2) is 0 Å². The lowest BCUT2D eigenvalue weighted by atomic mass is 9.88. The van der Waals surface area contributed by atoms with Crippen LogP contribution in [0.5, 0.6) is 0 Å².